The third-order valence-electron chi connectivity index (χ3n) is 4.66. The normalized spacial score (nSPS) is 17.0. The molecule has 0 bridgehead atoms. The van der Waals surface area contributed by atoms with Crippen molar-refractivity contribution < 1.29 is 14.7 Å². The number of benzene rings is 1. The summed E-state index contributed by atoms with van der Waals surface area (Å²) in [5, 5.41) is 9.91. The number of aliphatic carboxylic acids is 1. The third-order valence-corrected chi connectivity index (χ3v) is 4.90. The molecule has 114 valence electrons. The van der Waals surface area contributed by atoms with Crippen LogP contribution >= 0.6 is 11.6 Å². The Bertz CT molecular complexity index is 579. The van der Waals surface area contributed by atoms with Gasteiger partial charge in [0.15, 0.2) is 0 Å². The Morgan fingerprint density at radius 3 is 2.38 bits per heavy atom. The van der Waals surface area contributed by atoms with Crippen molar-refractivity contribution in [2.24, 2.45) is 0 Å². The molecule has 1 aromatic rings. The average molecular weight is 310 g/mol. The standard InChI is InChI=1S/C16H20ClNO3/c1-15(2,14(20)21)18(3)13(19)16(8-5-9-16)11-6-4-7-12(17)10-11/h4,6-7,10H,5,8-9H2,1-3H3,(H,20,21). The van der Waals surface area contributed by atoms with Crippen molar-refractivity contribution in [2.75, 3.05) is 7.05 Å². The van der Waals surface area contributed by atoms with Crippen LogP contribution in [0.3, 0.4) is 0 Å². The van der Waals surface area contributed by atoms with Crippen LogP contribution in [0.1, 0.15) is 38.7 Å². The average Bonchev–Trinajstić information content (AvgIpc) is 2.36. The molecule has 1 N–H and O–H groups in total. The molecule has 1 aromatic carbocycles. The second-order valence-corrected chi connectivity index (χ2v) is 6.61. The number of amides is 1. The number of halogens is 1. The van der Waals surface area contributed by atoms with Gasteiger partial charge >= 0.3 is 5.97 Å². The Morgan fingerprint density at radius 2 is 1.95 bits per heavy atom. The first-order chi connectivity index (χ1) is 9.71. The minimum atomic E-state index is -1.24. The quantitative estimate of drug-likeness (QED) is 0.930. The van der Waals surface area contributed by atoms with E-state index in [2.05, 4.69) is 0 Å². The van der Waals surface area contributed by atoms with E-state index in [1.165, 1.54) is 18.7 Å². The summed E-state index contributed by atoms with van der Waals surface area (Å²) in [7, 11) is 1.56. The van der Waals surface area contributed by atoms with Crippen LogP contribution in [0.15, 0.2) is 24.3 Å². The molecule has 0 spiro atoms. The van der Waals surface area contributed by atoms with Gasteiger partial charge < -0.3 is 10.0 Å². The smallest absolute Gasteiger partial charge is 0.329 e. The lowest BCUT2D eigenvalue weighted by Crippen LogP contribution is -2.58. The van der Waals surface area contributed by atoms with Crippen LogP contribution in [-0.2, 0) is 15.0 Å². The molecule has 0 radical (unpaired) electrons. The Labute approximate surface area is 129 Å². The number of carbonyl (C=O) groups excluding carboxylic acids is 1. The summed E-state index contributed by atoms with van der Waals surface area (Å²) >= 11 is 6.04. The topological polar surface area (TPSA) is 57.6 Å². The minimum Gasteiger partial charge on any atom is -0.480 e. The molecule has 5 heteroatoms. The number of hydrogen-bond donors (Lipinski definition) is 1. The van der Waals surface area contributed by atoms with Gasteiger partial charge in [-0.25, -0.2) is 4.79 Å². The van der Waals surface area contributed by atoms with E-state index in [9.17, 15) is 14.7 Å². The predicted molar refractivity (Wildman–Crippen MR) is 81.5 cm³/mol. The lowest BCUT2D eigenvalue weighted by atomic mass is 9.63. The van der Waals surface area contributed by atoms with Crippen LogP contribution in [0.5, 0.6) is 0 Å². The summed E-state index contributed by atoms with van der Waals surface area (Å²) in [6.07, 6.45) is 2.41. The summed E-state index contributed by atoms with van der Waals surface area (Å²) in [6, 6.07) is 7.30. The van der Waals surface area contributed by atoms with E-state index < -0.39 is 16.9 Å². The lowest BCUT2D eigenvalue weighted by molar-refractivity contribution is -0.159. The molecule has 0 heterocycles. The van der Waals surface area contributed by atoms with Gasteiger partial charge in [0.1, 0.15) is 5.54 Å². The van der Waals surface area contributed by atoms with E-state index in [0.717, 1.165) is 24.8 Å². The van der Waals surface area contributed by atoms with Gasteiger partial charge in [-0.3, -0.25) is 4.79 Å². The summed E-state index contributed by atoms with van der Waals surface area (Å²) < 4.78 is 0. The van der Waals surface area contributed by atoms with E-state index in [1.807, 2.05) is 12.1 Å². The summed E-state index contributed by atoms with van der Waals surface area (Å²) in [4.78, 5) is 25.6. The van der Waals surface area contributed by atoms with Gasteiger partial charge in [-0.1, -0.05) is 30.2 Å². The molecule has 0 aliphatic heterocycles. The molecule has 1 aliphatic carbocycles. The van der Waals surface area contributed by atoms with Crippen LogP contribution in [0.4, 0.5) is 0 Å². The van der Waals surface area contributed by atoms with Crippen LogP contribution < -0.4 is 0 Å². The minimum absolute atomic E-state index is 0.150. The molecule has 0 atom stereocenters. The van der Waals surface area contributed by atoms with Crippen LogP contribution in [0, 0.1) is 0 Å². The molecule has 1 aliphatic rings. The van der Waals surface area contributed by atoms with Gasteiger partial charge in [-0.15, -0.1) is 0 Å². The molecule has 2 rings (SSSR count). The van der Waals surface area contributed by atoms with Crippen molar-refractivity contribution >= 4 is 23.5 Å². The Morgan fingerprint density at radius 1 is 1.33 bits per heavy atom. The van der Waals surface area contributed by atoms with Crippen molar-refractivity contribution in [3.8, 4) is 0 Å². The second kappa shape index (κ2) is 5.34. The maximum atomic E-state index is 12.9. The first-order valence-electron chi connectivity index (χ1n) is 6.99. The van der Waals surface area contributed by atoms with Crippen molar-refractivity contribution in [2.45, 2.75) is 44.1 Å². The highest BCUT2D eigenvalue weighted by Gasteiger charge is 2.50. The van der Waals surface area contributed by atoms with Gasteiger partial charge in [-0.05, 0) is 44.4 Å². The van der Waals surface area contributed by atoms with Gasteiger partial charge in [-0.2, -0.15) is 0 Å². The second-order valence-electron chi connectivity index (χ2n) is 6.17. The molecule has 0 saturated heterocycles. The summed E-state index contributed by atoms with van der Waals surface area (Å²) in [5.74, 6) is -1.16. The SMILES string of the molecule is CN(C(=O)C1(c2cccc(Cl)c2)CCC1)C(C)(C)C(=O)O. The van der Waals surface area contributed by atoms with Gasteiger partial charge in [0.25, 0.3) is 0 Å². The van der Waals surface area contributed by atoms with Gasteiger partial charge in [0.05, 0.1) is 5.41 Å². The molecule has 1 fully saturated rings. The number of likely N-dealkylation sites (N-methyl/N-ethyl adjacent to an activating group) is 1. The predicted octanol–water partition coefficient (Wildman–Crippen LogP) is 3.08. The molecule has 1 amide bonds. The first-order valence-corrected chi connectivity index (χ1v) is 7.37. The molecule has 0 aromatic heterocycles. The molecule has 21 heavy (non-hydrogen) atoms. The maximum absolute atomic E-state index is 12.9. The fraction of sp³-hybridized carbons (Fsp3) is 0.500. The zero-order chi connectivity index (χ0) is 15.8. The summed E-state index contributed by atoms with van der Waals surface area (Å²) in [6.45, 7) is 3.08. The lowest BCUT2D eigenvalue weighted by Gasteiger charge is -2.46. The van der Waals surface area contributed by atoms with Crippen LogP contribution in [0.2, 0.25) is 5.02 Å². The fourth-order valence-electron chi connectivity index (χ4n) is 2.66. The zero-order valence-corrected chi connectivity index (χ0v) is 13.3. The van der Waals surface area contributed by atoms with Crippen molar-refractivity contribution in [1.29, 1.82) is 0 Å². The largest absolute Gasteiger partial charge is 0.480 e. The number of nitrogens with zero attached hydrogens (tertiary/aromatic N) is 1. The number of rotatable bonds is 4. The molecule has 1 saturated carbocycles. The fourth-order valence-corrected chi connectivity index (χ4v) is 2.85. The molecular formula is C16H20ClNO3. The highest BCUT2D eigenvalue weighted by atomic mass is 35.5. The van der Waals surface area contributed by atoms with Crippen molar-refractivity contribution in [1.82, 2.24) is 4.90 Å². The van der Waals surface area contributed by atoms with E-state index in [-0.39, 0.29) is 5.91 Å². The molecule has 4 nitrogen and oxygen atoms in total. The van der Waals surface area contributed by atoms with Gasteiger partial charge in [0.2, 0.25) is 5.91 Å². The Kier molecular flexibility index (Phi) is 4.02. The number of carboxylic acid groups (broad SMARTS) is 1. The van der Waals surface area contributed by atoms with E-state index >= 15 is 0 Å². The van der Waals surface area contributed by atoms with Gasteiger partial charge in [0, 0.05) is 12.1 Å². The highest BCUT2D eigenvalue weighted by molar-refractivity contribution is 6.30. The van der Waals surface area contributed by atoms with Crippen molar-refractivity contribution in [3.63, 3.8) is 0 Å². The highest BCUT2D eigenvalue weighted by Crippen LogP contribution is 2.46. The monoisotopic (exact) mass is 309 g/mol. The zero-order valence-electron chi connectivity index (χ0n) is 12.5. The van der Waals surface area contributed by atoms with Crippen LogP contribution in [-0.4, -0.2) is 34.5 Å². The third kappa shape index (κ3) is 2.53. The maximum Gasteiger partial charge on any atom is 0.329 e. The number of carboxylic acids is 1. The summed E-state index contributed by atoms with van der Waals surface area (Å²) in [5.41, 5.74) is -0.996. The van der Waals surface area contributed by atoms with Crippen LogP contribution in [0.25, 0.3) is 0 Å². The first kappa shape index (κ1) is 15.8. The van der Waals surface area contributed by atoms with Crippen molar-refractivity contribution in [3.05, 3.63) is 34.9 Å². The molecule has 0 unspecified atom stereocenters. The van der Waals surface area contributed by atoms with E-state index in [0.29, 0.717) is 5.02 Å². The Hall–Kier alpha value is -1.55. The number of hydrogen-bond acceptors (Lipinski definition) is 2. The molecular weight excluding hydrogens is 290 g/mol. The van der Waals surface area contributed by atoms with E-state index in [1.54, 1.807) is 19.2 Å². The Balaban J connectivity index is 2.37. The number of carbonyl (C=O) groups is 2. The van der Waals surface area contributed by atoms with E-state index in [4.69, 9.17) is 11.6 Å².